The van der Waals surface area contributed by atoms with Crippen molar-refractivity contribution in [3.63, 3.8) is 0 Å². The zero-order chi connectivity index (χ0) is 13.7. The van der Waals surface area contributed by atoms with E-state index in [1.165, 1.54) is 5.69 Å². The average Bonchev–Trinajstić information content (AvgIpc) is 2.74. The molecule has 0 aliphatic rings. The van der Waals surface area contributed by atoms with Gasteiger partial charge in [0.1, 0.15) is 11.4 Å². The SMILES string of the molecule is COCCC[n+]1c(C)csc1Nc1ccc(Cl)cc1.[I-]. The number of nitrogens with zero attached hydrogens (tertiary/aromatic N) is 1. The molecule has 0 radical (unpaired) electrons. The molecule has 3 nitrogen and oxygen atoms in total. The predicted molar refractivity (Wildman–Crippen MR) is 80.5 cm³/mol. The summed E-state index contributed by atoms with van der Waals surface area (Å²) < 4.78 is 7.38. The first-order valence-electron chi connectivity index (χ1n) is 6.20. The van der Waals surface area contributed by atoms with Gasteiger partial charge in [-0.15, -0.1) is 0 Å². The van der Waals surface area contributed by atoms with Crippen molar-refractivity contribution in [2.24, 2.45) is 0 Å². The summed E-state index contributed by atoms with van der Waals surface area (Å²) in [5.74, 6) is 0. The van der Waals surface area contributed by atoms with Gasteiger partial charge >= 0.3 is 5.13 Å². The minimum atomic E-state index is 0. The molecule has 110 valence electrons. The molecule has 0 amide bonds. The summed E-state index contributed by atoms with van der Waals surface area (Å²) in [6, 6.07) is 7.74. The van der Waals surface area contributed by atoms with Crippen molar-refractivity contribution in [1.29, 1.82) is 0 Å². The molecule has 0 fully saturated rings. The minimum absolute atomic E-state index is 0. The molecular formula is C14H18ClIN2OS. The Balaban J connectivity index is 0.00000200. The van der Waals surface area contributed by atoms with Gasteiger partial charge < -0.3 is 28.7 Å². The van der Waals surface area contributed by atoms with Gasteiger partial charge in [0, 0.05) is 30.5 Å². The lowest BCUT2D eigenvalue weighted by Crippen LogP contribution is -3.00. The van der Waals surface area contributed by atoms with Gasteiger partial charge in [-0.2, -0.15) is 0 Å². The van der Waals surface area contributed by atoms with Gasteiger partial charge in [-0.3, -0.25) is 0 Å². The zero-order valence-electron chi connectivity index (χ0n) is 11.5. The number of methoxy groups -OCH3 is 1. The van der Waals surface area contributed by atoms with Crippen molar-refractivity contribution in [3.05, 3.63) is 40.4 Å². The van der Waals surface area contributed by atoms with Crippen LogP contribution in [-0.2, 0) is 11.3 Å². The summed E-state index contributed by atoms with van der Waals surface area (Å²) in [6.45, 7) is 3.86. The highest BCUT2D eigenvalue weighted by Gasteiger charge is 2.15. The summed E-state index contributed by atoms with van der Waals surface area (Å²) in [6.07, 6.45) is 1.01. The maximum Gasteiger partial charge on any atom is 0.339 e. The van der Waals surface area contributed by atoms with E-state index in [1.807, 2.05) is 24.3 Å². The van der Waals surface area contributed by atoms with Crippen LogP contribution in [0.5, 0.6) is 0 Å². The summed E-state index contributed by atoms with van der Waals surface area (Å²) in [5, 5.41) is 7.47. The summed E-state index contributed by atoms with van der Waals surface area (Å²) >= 11 is 7.60. The van der Waals surface area contributed by atoms with E-state index in [0.717, 1.165) is 35.4 Å². The average molecular weight is 425 g/mol. The molecule has 0 saturated carbocycles. The highest BCUT2D eigenvalue weighted by atomic mass is 127. The number of nitrogens with one attached hydrogen (secondary N) is 1. The summed E-state index contributed by atoms with van der Waals surface area (Å²) in [4.78, 5) is 0. The molecule has 0 spiro atoms. The highest BCUT2D eigenvalue weighted by molar-refractivity contribution is 7.13. The number of aromatic nitrogens is 1. The second kappa shape index (κ2) is 8.81. The Morgan fingerprint density at radius 2 is 2.00 bits per heavy atom. The molecule has 1 aromatic carbocycles. The van der Waals surface area contributed by atoms with Gasteiger partial charge in [0.05, 0.1) is 6.54 Å². The van der Waals surface area contributed by atoms with Crippen molar-refractivity contribution < 1.29 is 33.3 Å². The number of anilines is 2. The summed E-state index contributed by atoms with van der Waals surface area (Å²) in [7, 11) is 1.73. The molecule has 20 heavy (non-hydrogen) atoms. The second-order valence-corrected chi connectivity index (χ2v) is 5.61. The Hall–Kier alpha value is -0.370. The first-order chi connectivity index (χ1) is 9.20. The molecule has 0 aliphatic carbocycles. The molecule has 0 aliphatic heterocycles. The van der Waals surface area contributed by atoms with Gasteiger partial charge in [-0.05, 0) is 31.2 Å². The van der Waals surface area contributed by atoms with Gasteiger partial charge in [-0.25, -0.2) is 9.88 Å². The van der Waals surface area contributed by atoms with E-state index in [0.29, 0.717) is 0 Å². The highest BCUT2D eigenvalue weighted by Crippen LogP contribution is 2.21. The van der Waals surface area contributed by atoms with E-state index in [-0.39, 0.29) is 24.0 Å². The smallest absolute Gasteiger partial charge is 0.339 e. The Kier molecular flexibility index (Phi) is 7.79. The van der Waals surface area contributed by atoms with Crippen LogP contribution in [0.3, 0.4) is 0 Å². The minimum Gasteiger partial charge on any atom is -1.00 e. The fourth-order valence-electron chi connectivity index (χ4n) is 1.83. The quantitative estimate of drug-likeness (QED) is 0.421. The third-order valence-corrected chi connectivity index (χ3v) is 4.09. The zero-order valence-corrected chi connectivity index (χ0v) is 15.3. The molecule has 6 heteroatoms. The topological polar surface area (TPSA) is 25.1 Å². The number of halogens is 2. The van der Waals surface area contributed by atoms with Crippen LogP contribution in [-0.4, -0.2) is 13.7 Å². The number of hydrogen-bond donors (Lipinski definition) is 1. The van der Waals surface area contributed by atoms with Gasteiger partial charge in [0.25, 0.3) is 0 Å². The third kappa shape index (κ3) is 4.87. The maximum absolute atomic E-state index is 5.89. The van der Waals surface area contributed by atoms with Crippen LogP contribution in [0.25, 0.3) is 0 Å². The summed E-state index contributed by atoms with van der Waals surface area (Å²) in [5.41, 5.74) is 2.31. The van der Waals surface area contributed by atoms with Crippen molar-refractivity contribution in [2.45, 2.75) is 19.9 Å². The van der Waals surface area contributed by atoms with Crippen LogP contribution < -0.4 is 33.9 Å². The number of thiazole rings is 1. The van der Waals surface area contributed by atoms with E-state index in [1.54, 1.807) is 18.4 Å². The number of hydrogen-bond acceptors (Lipinski definition) is 3. The number of ether oxygens (including phenoxy) is 1. The van der Waals surface area contributed by atoms with Gasteiger partial charge in [0.15, 0.2) is 0 Å². The van der Waals surface area contributed by atoms with Gasteiger partial charge in [-0.1, -0.05) is 22.9 Å². The molecule has 0 unspecified atom stereocenters. The van der Waals surface area contributed by atoms with Crippen LogP contribution in [0.15, 0.2) is 29.6 Å². The standard InChI is InChI=1S/C14H17ClN2OS.HI/c1-11-10-19-14(17(11)8-3-9-18-2)16-13-6-4-12(15)5-7-13;/h4-7,10H,3,8-9H2,1-2H3;1H. The fourth-order valence-corrected chi connectivity index (χ4v) is 2.90. The monoisotopic (exact) mass is 424 g/mol. The molecule has 1 aromatic heterocycles. The number of aryl methyl sites for hydroxylation is 1. The van der Waals surface area contributed by atoms with Crippen molar-refractivity contribution >= 4 is 33.8 Å². The lowest BCUT2D eigenvalue weighted by atomic mass is 10.3. The second-order valence-electron chi connectivity index (χ2n) is 4.31. The maximum atomic E-state index is 5.89. The molecular weight excluding hydrogens is 407 g/mol. The normalized spacial score (nSPS) is 10.2. The van der Waals surface area contributed by atoms with E-state index in [4.69, 9.17) is 16.3 Å². The largest absolute Gasteiger partial charge is 1.00 e. The van der Waals surface area contributed by atoms with E-state index >= 15 is 0 Å². The van der Waals surface area contributed by atoms with E-state index in [9.17, 15) is 0 Å². The van der Waals surface area contributed by atoms with E-state index in [2.05, 4.69) is 22.2 Å². The molecule has 0 saturated heterocycles. The lowest BCUT2D eigenvalue weighted by molar-refractivity contribution is -0.685. The third-order valence-electron chi connectivity index (χ3n) is 2.84. The Morgan fingerprint density at radius 1 is 1.30 bits per heavy atom. The molecule has 1 N–H and O–H groups in total. The van der Waals surface area contributed by atoms with Crippen LogP contribution in [0, 0.1) is 6.92 Å². The van der Waals surface area contributed by atoms with Crippen LogP contribution in [0.4, 0.5) is 10.8 Å². The molecule has 0 atom stereocenters. The van der Waals surface area contributed by atoms with Crippen molar-refractivity contribution in [3.8, 4) is 0 Å². The van der Waals surface area contributed by atoms with Crippen LogP contribution in [0.1, 0.15) is 12.1 Å². The molecule has 2 rings (SSSR count). The lowest BCUT2D eigenvalue weighted by Gasteiger charge is -2.04. The predicted octanol–water partition coefficient (Wildman–Crippen LogP) is 0.782. The van der Waals surface area contributed by atoms with Crippen molar-refractivity contribution in [2.75, 3.05) is 19.0 Å². The Bertz CT molecular complexity index is 530. The molecule has 2 aromatic rings. The Labute approximate surface area is 145 Å². The van der Waals surface area contributed by atoms with Gasteiger partial charge in [0.2, 0.25) is 0 Å². The number of rotatable bonds is 6. The van der Waals surface area contributed by atoms with Crippen LogP contribution >= 0.6 is 22.9 Å². The van der Waals surface area contributed by atoms with Crippen molar-refractivity contribution in [1.82, 2.24) is 0 Å². The Morgan fingerprint density at radius 3 is 2.65 bits per heavy atom. The van der Waals surface area contributed by atoms with E-state index < -0.39 is 0 Å². The first-order valence-corrected chi connectivity index (χ1v) is 7.46. The molecule has 0 bridgehead atoms. The number of benzene rings is 1. The van der Waals surface area contributed by atoms with Crippen LogP contribution in [0.2, 0.25) is 5.02 Å². The first kappa shape index (κ1) is 17.7. The fraction of sp³-hybridized carbons (Fsp3) is 0.357. The molecule has 1 heterocycles.